The smallest absolute Gasteiger partial charge is 0.254 e. The minimum atomic E-state index is -3.26. The largest absolute Gasteiger partial charge is 0.375 e. The van der Waals surface area contributed by atoms with E-state index in [0.717, 1.165) is 5.56 Å². The highest BCUT2D eigenvalue weighted by atomic mass is 32.2. The Morgan fingerprint density at radius 3 is 2.77 bits per heavy atom. The third-order valence-electron chi connectivity index (χ3n) is 4.11. The number of benzene rings is 1. The predicted molar refractivity (Wildman–Crippen MR) is 83.7 cm³/mol. The molecule has 2 aliphatic heterocycles. The second-order valence-electron chi connectivity index (χ2n) is 5.86. The molecular weight excluding hydrogens is 304 g/mol. The molecule has 0 aliphatic carbocycles. The number of carbonyl (C=O) groups is 1. The highest BCUT2D eigenvalue weighted by Crippen LogP contribution is 2.31. The first-order valence-corrected chi connectivity index (χ1v) is 9.22. The fourth-order valence-corrected chi connectivity index (χ4v) is 3.99. The molecule has 1 fully saturated rings. The summed E-state index contributed by atoms with van der Waals surface area (Å²) >= 11 is 0. The summed E-state index contributed by atoms with van der Waals surface area (Å²) in [7, 11) is -3.26. The molecule has 3 rings (SSSR count). The first kappa shape index (κ1) is 15.3. The van der Waals surface area contributed by atoms with Gasteiger partial charge in [0.1, 0.15) is 0 Å². The Hall–Kier alpha value is -1.60. The maximum Gasteiger partial charge on any atom is 0.254 e. The second kappa shape index (κ2) is 5.55. The lowest BCUT2D eigenvalue weighted by Gasteiger charge is -2.31. The van der Waals surface area contributed by atoms with Crippen LogP contribution in [-0.4, -0.2) is 57.8 Å². The summed E-state index contributed by atoms with van der Waals surface area (Å²) in [6.45, 7) is 4.13. The Kier molecular flexibility index (Phi) is 3.86. The Bertz CT molecular complexity index is 701. The monoisotopic (exact) mass is 324 g/mol. The number of fused-ring (bicyclic) bond motifs is 1. The topological polar surface area (TPSA) is 66.9 Å². The van der Waals surface area contributed by atoms with E-state index < -0.39 is 10.0 Å². The molecule has 22 heavy (non-hydrogen) atoms. The van der Waals surface area contributed by atoms with Gasteiger partial charge >= 0.3 is 0 Å². The molecule has 7 heteroatoms. The van der Waals surface area contributed by atoms with Gasteiger partial charge in [0, 0.05) is 25.2 Å². The molecule has 1 unspecified atom stereocenters. The number of ether oxygens (including phenoxy) is 1. The number of nitrogens with zero attached hydrogens (tertiary/aromatic N) is 2. The van der Waals surface area contributed by atoms with Crippen LogP contribution in [0.4, 0.5) is 5.69 Å². The number of morpholine rings is 1. The lowest BCUT2D eigenvalue weighted by atomic mass is 10.1. The molecule has 0 bridgehead atoms. The van der Waals surface area contributed by atoms with E-state index in [2.05, 4.69) is 0 Å². The van der Waals surface area contributed by atoms with Crippen molar-refractivity contribution in [2.45, 2.75) is 19.4 Å². The van der Waals surface area contributed by atoms with Gasteiger partial charge in [0.2, 0.25) is 10.0 Å². The molecule has 0 saturated carbocycles. The predicted octanol–water partition coefficient (Wildman–Crippen LogP) is 0.870. The zero-order valence-electron chi connectivity index (χ0n) is 12.8. The maximum absolute atomic E-state index is 12.6. The summed E-state index contributed by atoms with van der Waals surface area (Å²) in [6.07, 6.45) is 1.90. The molecule has 1 saturated heterocycles. The third-order valence-corrected chi connectivity index (χ3v) is 5.29. The summed E-state index contributed by atoms with van der Waals surface area (Å²) in [5.74, 6) is -0.0178. The molecule has 0 radical (unpaired) electrons. The SMILES string of the molecule is CC1CN(C(=O)c2ccc3c(c2)CCN3S(C)(=O)=O)CCO1. The Balaban J connectivity index is 1.84. The van der Waals surface area contributed by atoms with Crippen LogP contribution in [0.1, 0.15) is 22.8 Å². The molecule has 1 aromatic rings. The van der Waals surface area contributed by atoms with Crippen molar-refractivity contribution in [2.75, 3.05) is 36.8 Å². The zero-order chi connectivity index (χ0) is 15.9. The minimum Gasteiger partial charge on any atom is -0.375 e. The fraction of sp³-hybridized carbons (Fsp3) is 0.533. The van der Waals surface area contributed by atoms with E-state index in [4.69, 9.17) is 4.74 Å². The van der Waals surface area contributed by atoms with E-state index in [-0.39, 0.29) is 12.0 Å². The fourth-order valence-electron chi connectivity index (χ4n) is 3.03. The van der Waals surface area contributed by atoms with Crippen molar-refractivity contribution < 1.29 is 17.9 Å². The van der Waals surface area contributed by atoms with Crippen LogP contribution in [0.25, 0.3) is 0 Å². The lowest BCUT2D eigenvalue weighted by Crippen LogP contribution is -2.44. The molecule has 2 heterocycles. The lowest BCUT2D eigenvalue weighted by molar-refractivity contribution is -0.0124. The van der Waals surface area contributed by atoms with Gasteiger partial charge in [-0.3, -0.25) is 9.10 Å². The van der Waals surface area contributed by atoms with Gasteiger partial charge in [-0.05, 0) is 37.1 Å². The number of sulfonamides is 1. The Labute approximate surface area is 130 Å². The molecular formula is C15H20N2O4S. The van der Waals surface area contributed by atoms with Crippen molar-refractivity contribution >= 4 is 21.6 Å². The van der Waals surface area contributed by atoms with Gasteiger partial charge in [0.15, 0.2) is 0 Å². The van der Waals surface area contributed by atoms with Crippen LogP contribution in [0.5, 0.6) is 0 Å². The number of hydrogen-bond donors (Lipinski definition) is 0. The van der Waals surface area contributed by atoms with Crippen molar-refractivity contribution in [3.63, 3.8) is 0 Å². The molecule has 6 nitrogen and oxygen atoms in total. The van der Waals surface area contributed by atoms with Crippen molar-refractivity contribution in [3.05, 3.63) is 29.3 Å². The van der Waals surface area contributed by atoms with Gasteiger partial charge in [0.25, 0.3) is 5.91 Å². The Morgan fingerprint density at radius 1 is 1.32 bits per heavy atom. The normalized spacial score (nSPS) is 21.8. The van der Waals surface area contributed by atoms with Crippen LogP contribution < -0.4 is 4.31 Å². The van der Waals surface area contributed by atoms with Gasteiger partial charge in [0.05, 0.1) is 24.7 Å². The average molecular weight is 324 g/mol. The van der Waals surface area contributed by atoms with Crippen LogP contribution in [0, 0.1) is 0 Å². The van der Waals surface area contributed by atoms with Gasteiger partial charge in [-0.15, -0.1) is 0 Å². The quantitative estimate of drug-likeness (QED) is 0.809. The highest BCUT2D eigenvalue weighted by Gasteiger charge is 2.28. The minimum absolute atomic E-state index is 0.0178. The number of rotatable bonds is 2. The molecule has 1 atom stereocenters. The van der Waals surface area contributed by atoms with Crippen molar-refractivity contribution in [1.82, 2.24) is 4.90 Å². The van der Waals surface area contributed by atoms with E-state index >= 15 is 0 Å². The van der Waals surface area contributed by atoms with E-state index in [1.54, 1.807) is 17.0 Å². The van der Waals surface area contributed by atoms with E-state index in [0.29, 0.717) is 43.9 Å². The summed E-state index contributed by atoms with van der Waals surface area (Å²) in [4.78, 5) is 14.4. The second-order valence-corrected chi connectivity index (χ2v) is 7.77. The molecule has 2 aliphatic rings. The first-order valence-electron chi connectivity index (χ1n) is 7.38. The number of carbonyl (C=O) groups excluding carboxylic acids is 1. The maximum atomic E-state index is 12.6. The summed E-state index contributed by atoms with van der Waals surface area (Å²) in [6, 6.07) is 5.27. The van der Waals surface area contributed by atoms with Gasteiger partial charge in [-0.25, -0.2) is 8.42 Å². The third kappa shape index (κ3) is 2.83. The van der Waals surface area contributed by atoms with E-state index in [1.165, 1.54) is 10.6 Å². The van der Waals surface area contributed by atoms with Crippen LogP contribution in [0.2, 0.25) is 0 Å². The Morgan fingerprint density at radius 2 is 2.09 bits per heavy atom. The van der Waals surface area contributed by atoms with Crippen LogP contribution in [0.15, 0.2) is 18.2 Å². The standard InChI is InChI=1S/C15H20N2O4S/c1-11-10-16(7-8-21-11)15(18)13-3-4-14-12(9-13)5-6-17(14)22(2,19)20/h3-4,9,11H,5-8,10H2,1-2H3. The molecule has 0 spiro atoms. The molecule has 0 N–H and O–H groups in total. The molecule has 0 aromatic heterocycles. The zero-order valence-corrected chi connectivity index (χ0v) is 13.6. The van der Waals surface area contributed by atoms with Crippen LogP contribution in [-0.2, 0) is 21.2 Å². The molecule has 120 valence electrons. The van der Waals surface area contributed by atoms with E-state index in [1.807, 2.05) is 13.0 Å². The molecule has 1 aromatic carbocycles. The summed E-state index contributed by atoms with van der Waals surface area (Å²) < 4.78 is 30.3. The highest BCUT2D eigenvalue weighted by molar-refractivity contribution is 7.92. The molecule has 1 amide bonds. The van der Waals surface area contributed by atoms with Crippen molar-refractivity contribution in [3.8, 4) is 0 Å². The van der Waals surface area contributed by atoms with Crippen LogP contribution >= 0.6 is 0 Å². The average Bonchev–Trinajstić information content (AvgIpc) is 2.89. The number of anilines is 1. The van der Waals surface area contributed by atoms with Crippen molar-refractivity contribution in [1.29, 1.82) is 0 Å². The van der Waals surface area contributed by atoms with Gasteiger partial charge in [-0.2, -0.15) is 0 Å². The summed E-state index contributed by atoms with van der Waals surface area (Å²) in [5, 5.41) is 0. The van der Waals surface area contributed by atoms with Crippen LogP contribution in [0.3, 0.4) is 0 Å². The summed E-state index contributed by atoms with van der Waals surface area (Å²) in [5.41, 5.74) is 2.22. The number of hydrogen-bond acceptors (Lipinski definition) is 4. The van der Waals surface area contributed by atoms with Crippen molar-refractivity contribution in [2.24, 2.45) is 0 Å². The van der Waals surface area contributed by atoms with Gasteiger partial charge in [-0.1, -0.05) is 0 Å². The van der Waals surface area contributed by atoms with Gasteiger partial charge < -0.3 is 9.64 Å². The van der Waals surface area contributed by atoms with E-state index in [9.17, 15) is 13.2 Å². The number of amides is 1. The first-order chi connectivity index (χ1) is 10.4.